The fourth-order valence-electron chi connectivity index (χ4n) is 3.55. The maximum atomic E-state index is 12.8. The van der Waals surface area contributed by atoms with Crippen molar-refractivity contribution in [2.45, 2.75) is 44.7 Å². The SMILES string of the molecule is C[C@@H](C1CC1)n1nccc1NC(=O)[C@H]1CCCN1C(=O)c1cccs1. The van der Waals surface area contributed by atoms with Crippen LogP contribution >= 0.6 is 11.3 Å². The van der Waals surface area contributed by atoms with Gasteiger partial charge in [-0.15, -0.1) is 11.3 Å². The van der Waals surface area contributed by atoms with Crippen LogP contribution in [0, 0.1) is 5.92 Å². The third-order valence-corrected chi connectivity index (χ3v) is 6.02. The number of nitrogens with one attached hydrogen (secondary N) is 1. The summed E-state index contributed by atoms with van der Waals surface area (Å²) in [4.78, 5) is 27.8. The molecule has 2 aromatic rings. The van der Waals surface area contributed by atoms with E-state index in [0.717, 1.165) is 12.2 Å². The molecule has 2 aliphatic rings. The van der Waals surface area contributed by atoms with Gasteiger partial charge in [-0.25, -0.2) is 4.68 Å². The first-order valence-corrected chi connectivity index (χ1v) is 9.72. The van der Waals surface area contributed by atoms with E-state index in [2.05, 4.69) is 17.3 Å². The average molecular weight is 358 g/mol. The predicted octanol–water partition coefficient (Wildman–Crippen LogP) is 3.16. The van der Waals surface area contributed by atoms with Crippen LogP contribution in [0.25, 0.3) is 0 Å². The van der Waals surface area contributed by atoms with E-state index < -0.39 is 6.04 Å². The minimum atomic E-state index is -0.408. The van der Waals surface area contributed by atoms with Gasteiger partial charge in [0.05, 0.1) is 17.1 Å². The van der Waals surface area contributed by atoms with Crippen LogP contribution in [-0.2, 0) is 4.79 Å². The Kier molecular flexibility index (Phi) is 4.33. The Morgan fingerprint density at radius 2 is 2.16 bits per heavy atom. The van der Waals surface area contributed by atoms with Crippen molar-refractivity contribution in [2.75, 3.05) is 11.9 Å². The quantitative estimate of drug-likeness (QED) is 0.893. The van der Waals surface area contributed by atoms with Gasteiger partial charge in [0.15, 0.2) is 0 Å². The van der Waals surface area contributed by atoms with E-state index in [0.29, 0.717) is 23.8 Å². The highest BCUT2D eigenvalue weighted by Crippen LogP contribution is 2.40. The molecule has 0 radical (unpaired) electrons. The van der Waals surface area contributed by atoms with Gasteiger partial charge >= 0.3 is 0 Å². The van der Waals surface area contributed by atoms with E-state index in [1.165, 1.54) is 24.2 Å². The van der Waals surface area contributed by atoms with Crippen LogP contribution in [0.1, 0.15) is 48.3 Å². The number of anilines is 1. The zero-order chi connectivity index (χ0) is 17.4. The molecule has 3 heterocycles. The Hall–Kier alpha value is -2.15. The molecule has 1 aliphatic carbocycles. The van der Waals surface area contributed by atoms with Gasteiger partial charge in [-0.3, -0.25) is 9.59 Å². The molecule has 25 heavy (non-hydrogen) atoms. The highest BCUT2D eigenvalue weighted by Gasteiger charge is 2.36. The molecule has 2 atom stereocenters. The van der Waals surface area contributed by atoms with Gasteiger partial charge in [0.1, 0.15) is 11.9 Å². The van der Waals surface area contributed by atoms with E-state index in [1.54, 1.807) is 11.1 Å². The summed E-state index contributed by atoms with van der Waals surface area (Å²) >= 11 is 1.42. The molecule has 2 fully saturated rings. The number of hydrogen-bond donors (Lipinski definition) is 1. The lowest BCUT2D eigenvalue weighted by molar-refractivity contribution is -0.119. The zero-order valence-electron chi connectivity index (χ0n) is 14.2. The Bertz CT molecular complexity index is 766. The monoisotopic (exact) mass is 358 g/mol. The first-order chi connectivity index (χ1) is 12.1. The van der Waals surface area contributed by atoms with Gasteiger partial charge in [-0.1, -0.05) is 6.07 Å². The standard InChI is InChI=1S/C18H22N4O2S/c1-12(13-6-7-13)22-16(8-9-19-22)20-17(23)14-4-2-10-21(14)18(24)15-5-3-11-25-15/h3,5,8-9,11-14H,2,4,6-7,10H2,1H3,(H,20,23)/t12-,14+/m0/s1. The molecular weight excluding hydrogens is 336 g/mol. The van der Waals surface area contributed by atoms with E-state index in [9.17, 15) is 9.59 Å². The van der Waals surface area contributed by atoms with Crippen LogP contribution in [-0.4, -0.2) is 39.1 Å². The summed E-state index contributed by atoms with van der Waals surface area (Å²) in [6.45, 7) is 2.77. The largest absolute Gasteiger partial charge is 0.326 e. The van der Waals surface area contributed by atoms with Crippen molar-refractivity contribution in [1.82, 2.24) is 14.7 Å². The first kappa shape index (κ1) is 16.3. The Balaban J connectivity index is 1.47. The van der Waals surface area contributed by atoms with Crippen molar-refractivity contribution in [3.8, 4) is 0 Å². The summed E-state index contributed by atoms with van der Waals surface area (Å²) in [5, 5.41) is 9.26. The number of rotatable bonds is 5. The second-order valence-corrected chi connectivity index (χ2v) is 7.81. The molecule has 4 rings (SSSR count). The number of likely N-dealkylation sites (tertiary alicyclic amines) is 1. The highest BCUT2D eigenvalue weighted by molar-refractivity contribution is 7.12. The average Bonchev–Trinajstić information content (AvgIpc) is 3.05. The minimum absolute atomic E-state index is 0.0486. The highest BCUT2D eigenvalue weighted by atomic mass is 32.1. The molecule has 1 saturated carbocycles. The van der Waals surface area contributed by atoms with Gasteiger partial charge in [-0.05, 0) is 50.0 Å². The number of aromatic nitrogens is 2. The lowest BCUT2D eigenvalue weighted by Crippen LogP contribution is -2.43. The van der Waals surface area contributed by atoms with Crippen molar-refractivity contribution < 1.29 is 9.59 Å². The molecule has 0 aromatic carbocycles. The summed E-state index contributed by atoms with van der Waals surface area (Å²) < 4.78 is 1.90. The van der Waals surface area contributed by atoms with Crippen molar-refractivity contribution in [3.05, 3.63) is 34.7 Å². The normalized spacial score (nSPS) is 21.3. The number of carbonyl (C=O) groups is 2. The number of carbonyl (C=O) groups excluding carboxylic acids is 2. The van der Waals surface area contributed by atoms with Crippen LogP contribution in [0.5, 0.6) is 0 Å². The third-order valence-electron chi connectivity index (χ3n) is 5.16. The molecule has 0 unspecified atom stereocenters. The Morgan fingerprint density at radius 1 is 1.32 bits per heavy atom. The molecule has 0 spiro atoms. The van der Waals surface area contributed by atoms with Crippen LogP contribution < -0.4 is 5.32 Å². The molecule has 1 saturated heterocycles. The summed E-state index contributed by atoms with van der Waals surface area (Å²) in [7, 11) is 0. The fourth-order valence-corrected chi connectivity index (χ4v) is 4.23. The topological polar surface area (TPSA) is 67.2 Å². The lowest BCUT2D eigenvalue weighted by Gasteiger charge is -2.24. The second kappa shape index (κ2) is 6.63. The van der Waals surface area contributed by atoms with Crippen molar-refractivity contribution in [3.63, 3.8) is 0 Å². The lowest BCUT2D eigenvalue weighted by atomic mass is 10.2. The van der Waals surface area contributed by atoms with E-state index in [4.69, 9.17) is 0 Å². The first-order valence-electron chi connectivity index (χ1n) is 8.84. The fraction of sp³-hybridized carbons (Fsp3) is 0.500. The Morgan fingerprint density at radius 3 is 2.88 bits per heavy atom. The van der Waals surface area contributed by atoms with E-state index in [-0.39, 0.29) is 17.9 Å². The summed E-state index contributed by atoms with van der Waals surface area (Å²) in [5.74, 6) is 1.21. The molecular formula is C18H22N4O2S. The van der Waals surface area contributed by atoms with Crippen molar-refractivity contribution in [2.24, 2.45) is 5.92 Å². The molecule has 0 bridgehead atoms. The van der Waals surface area contributed by atoms with Crippen LogP contribution in [0.15, 0.2) is 29.8 Å². The number of amides is 2. The minimum Gasteiger partial charge on any atom is -0.326 e. The second-order valence-electron chi connectivity index (χ2n) is 6.86. The molecule has 2 amide bonds. The van der Waals surface area contributed by atoms with Crippen LogP contribution in [0.4, 0.5) is 5.82 Å². The zero-order valence-corrected chi connectivity index (χ0v) is 15.0. The van der Waals surface area contributed by atoms with Gasteiger partial charge in [0.2, 0.25) is 5.91 Å². The summed E-state index contributed by atoms with van der Waals surface area (Å²) in [5.41, 5.74) is 0. The Labute approximate surface area is 150 Å². The van der Waals surface area contributed by atoms with E-state index in [1.807, 2.05) is 28.3 Å². The third kappa shape index (κ3) is 3.20. The maximum Gasteiger partial charge on any atom is 0.264 e. The molecule has 132 valence electrons. The number of nitrogens with zero attached hydrogens (tertiary/aromatic N) is 3. The van der Waals surface area contributed by atoms with E-state index >= 15 is 0 Å². The number of hydrogen-bond acceptors (Lipinski definition) is 4. The predicted molar refractivity (Wildman–Crippen MR) is 96.7 cm³/mol. The number of thiophene rings is 1. The summed E-state index contributed by atoms with van der Waals surface area (Å²) in [6.07, 6.45) is 5.72. The summed E-state index contributed by atoms with van der Waals surface area (Å²) in [6, 6.07) is 5.39. The van der Waals surface area contributed by atoms with Gasteiger partial charge < -0.3 is 10.2 Å². The smallest absolute Gasteiger partial charge is 0.264 e. The van der Waals surface area contributed by atoms with Gasteiger partial charge in [0, 0.05) is 12.6 Å². The van der Waals surface area contributed by atoms with Gasteiger partial charge in [0.25, 0.3) is 5.91 Å². The molecule has 7 heteroatoms. The van der Waals surface area contributed by atoms with Gasteiger partial charge in [-0.2, -0.15) is 5.10 Å². The maximum absolute atomic E-state index is 12.8. The molecule has 1 N–H and O–H groups in total. The van der Waals surface area contributed by atoms with Crippen LogP contribution in [0.2, 0.25) is 0 Å². The molecule has 6 nitrogen and oxygen atoms in total. The molecule has 2 aromatic heterocycles. The molecule has 1 aliphatic heterocycles. The van der Waals surface area contributed by atoms with Crippen LogP contribution in [0.3, 0.4) is 0 Å². The van der Waals surface area contributed by atoms with Crippen molar-refractivity contribution in [1.29, 1.82) is 0 Å². The van der Waals surface area contributed by atoms with Crippen molar-refractivity contribution >= 4 is 29.0 Å².